The second-order valence-corrected chi connectivity index (χ2v) is 2.69. The van der Waals surface area contributed by atoms with Crippen molar-refractivity contribution in [3.8, 4) is 0 Å². The minimum absolute atomic E-state index is 0. The summed E-state index contributed by atoms with van der Waals surface area (Å²) >= 11 is 0. The largest absolute Gasteiger partial charge is 0.394 e. The Morgan fingerprint density at radius 2 is 0.667 bits per heavy atom. The van der Waals surface area contributed by atoms with E-state index >= 15 is 0 Å². The van der Waals surface area contributed by atoms with Gasteiger partial charge in [-0.1, -0.05) is 0 Å². The van der Waals surface area contributed by atoms with Gasteiger partial charge in [0, 0.05) is 19.5 Å². The molecule has 70 valence electrons. The van der Waals surface area contributed by atoms with Crippen molar-refractivity contribution in [3.63, 3.8) is 0 Å². The first-order valence-electron chi connectivity index (χ1n) is 1.40. The molecule has 0 saturated carbocycles. The fourth-order valence-electron chi connectivity index (χ4n) is 0. The predicted molar refractivity (Wildman–Crippen MR) is 36.9 cm³/mol. The number of rotatable bonds is 0. The van der Waals surface area contributed by atoms with Crippen LogP contribution in [0.5, 0.6) is 0 Å². The van der Waals surface area contributed by atoms with E-state index in [1.54, 1.807) is 0 Å². The first-order chi connectivity index (χ1) is 4.00. The Balaban J connectivity index is -0.0000000457. The second kappa shape index (κ2) is 8.72. The Morgan fingerprint density at radius 3 is 0.667 bits per heavy atom. The van der Waals surface area contributed by atoms with Crippen molar-refractivity contribution in [1.29, 1.82) is 0 Å². The Labute approximate surface area is 97.8 Å². The zero-order chi connectivity index (χ0) is 9.00. The third kappa shape index (κ3) is 895. The van der Waals surface area contributed by atoms with E-state index in [0.717, 1.165) is 0 Å². The molecule has 0 aliphatic carbocycles. The summed E-state index contributed by atoms with van der Waals surface area (Å²) in [5.41, 5.74) is 0. The molecule has 8 nitrogen and oxygen atoms in total. The van der Waals surface area contributed by atoms with Crippen LogP contribution in [0, 0.1) is 0 Å². The molecule has 4 N–H and O–H groups in total. The van der Waals surface area contributed by atoms with Crippen molar-refractivity contribution >= 4 is 43.9 Å². The molecule has 0 aliphatic heterocycles. The van der Waals surface area contributed by atoms with E-state index < -0.39 is 20.8 Å². The Kier molecular flexibility index (Phi) is 16.8. The van der Waals surface area contributed by atoms with Gasteiger partial charge in [0.15, 0.2) is 0 Å². The van der Waals surface area contributed by atoms with Crippen LogP contribution in [-0.2, 0) is 40.3 Å². The molecule has 0 radical (unpaired) electrons. The van der Waals surface area contributed by atoms with Crippen LogP contribution in [0.25, 0.3) is 0 Å². The van der Waals surface area contributed by atoms with Crippen molar-refractivity contribution in [2.45, 2.75) is 0 Å². The molecular weight excluding hydrogens is 282 g/mol. The van der Waals surface area contributed by atoms with Gasteiger partial charge < -0.3 is 0 Å². The standard InChI is InChI=1S/Mg.2H2O4S.Zn.2H/c;2*1-5(2,3)4;;;/h;2*(H2,1,2,3,4);;;. The molecule has 0 heterocycles. The molecule has 0 bridgehead atoms. The van der Waals surface area contributed by atoms with E-state index in [-0.39, 0.29) is 42.5 Å². The van der Waals surface area contributed by atoms with Gasteiger partial charge in [-0.3, -0.25) is 18.2 Å². The van der Waals surface area contributed by atoms with Crippen LogP contribution >= 0.6 is 0 Å². The van der Waals surface area contributed by atoms with Crippen LogP contribution in [0.2, 0.25) is 0 Å². The molecule has 0 unspecified atom stereocenters. The molecule has 0 aromatic heterocycles. The zero-order valence-electron chi connectivity index (χ0n) is 4.95. The predicted octanol–water partition coefficient (Wildman–Crippen LogP) is -2.22. The SMILES string of the molecule is O=S(=O)(O)O.O=S(=O)(O)O.[MgH2].[Zn]. The van der Waals surface area contributed by atoms with Gasteiger partial charge in [-0.15, -0.1) is 0 Å². The van der Waals surface area contributed by atoms with Gasteiger partial charge in [0.1, 0.15) is 0 Å². The van der Waals surface area contributed by atoms with Gasteiger partial charge >= 0.3 is 43.9 Å². The van der Waals surface area contributed by atoms with Gasteiger partial charge in [0.2, 0.25) is 0 Å². The van der Waals surface area contributed by atoms with Crippen LogP contribution in [0.15, 0.2) is 0 Å². The van der Waals surface area contributed by atoms with Gasteiger partial charge in [-0.25, -0.2) is 0 Å². The fraction of sp³-hybridized carbons (Fsp3) is 0. The normalized spacial score (nSPS) is 9.67. The molecule has 0 aliphatic rings. The minimum Gasteiger partial charge on any atom is -0.264 e. The van der Waals surface area contributed by atoms with E-state index in [9.17, 15) is 0 Å². The van der Waals surface area contributed by atoms with Crippen molar-refractivity contribution in [2.75, 3.05) is 0 Å². The van der Waals surface area contributed by atoms with Crippen molar-refractivity contribution in [1.82, 2.24) is 0 Å². The average molecular weight is 288 g/mol. The minimum atomic E-state index is -4.67. The monoisotopic (exact) mass is 286 g/mol. The molecule has 0 atom stereocenters. The van der Waals surface area contributed by atoms with E-state index in [0.29, 0.717) is 0 Å². The van der Waals surface area contributed by atoms with Crippen LogP contribution in [0.4, 0.5) is 0 Å². The van der Waals surface area contributed by atoms with Gasteiger partial charge in [0.25, 0.3) is 0 Å². The van der Waals surface area contributed by atoms with E-state index in [2.05, 4.69) is 0 Å². The van der Waals surface area contributed by atoms with Gasteiger partial charge in [0.05, 0.1) is 0 Å². The first kappa shape index (κ1) is 23.2. The Hall–Kier alpha value is 1.13. The summed E-state index contributed by atoms with van der Waals surface area (Å²) in [5.74, 6) is 0. The third-order valence-electron chi connectivity index (χ3n) is 0. The van der Waals surface area contributed by atoms with Gasteiger partial charge in [-0.05, 0) is 0 Å². The average Bonchev–Trinajstić information content (AvgIpc) is 1.12. The molecule has 0 aromatic carbocycles. The van der Waals surface area contributed by atoms with Crippen LogP contribution in [0.3, 0.4) is 0 Å². The van der Waals surface area contributed by atoms with E-state index in [1.165, 1.54) is 0 Å². The van der Waals surface area contributed by atoms with Crippen molar-refractivity contribution < 1.29 is 54.5 Å². The summed E-state index contributed by atoms with van der Waals surface area (Å²) < 4.78 is 63.2. The maximum atomic E-state index is 8.74. The summed E-state index contributed by atoms with van der Waals surface area (Å²) in [5, 5.41) is 0. The molecule has 0 rings (SSSR count). The van der Waals surface area contributed by atoms with E-state index in [1.807, 2.05) is 0 Å². The summed E-state index contributed by atoms with van der Waals surface area (Å²) in [6.07, 6.45) is 0. The molecule has 0 spiro atoms. The van der Waals surface area contributed by atoms with Crippen LogP contribution in [0.1, 0.15) is 0 Å². The molecular formula is H6MgO8S2Zn. The van der Waals surface area contributed by atoms with Crippen LogP contribution < -0.4 is 0 Å². The topological polar surface area (TPSA) is 149 Å². The van der Waals surface area contributed by atoms with Gasteiger partial charge in [-0.2, -0.15) is 16.8 Å². The summed E-state index contributed by atoms with van der Waals surface area (Å²) in [6, 6.07) is 0. The second-order valence-electron chi connectivity index (χ2n) is 0.896. The molecule has 0 aromatic rings. The smallest absolute Gasteiger partial charge is 0.264 e. The first-order valence-corrected chi connectivity index (χ1v) is 4.19. The molecule has 12 heavy (non-hydrogen) atoms. The Bertz CT molecular complexity index is 213. The quantitative estimate of drug-likeness (QED) is 0.289. The summed E-state index contributed by atoms with van der Waals surface area (Å²) in [4.78, 5) is 0. The molecule has 0 amide bonds. The van der Waals surface area contributed by atoms with Crippen molar-refractivity contribution in [2.24, 2.45) is 0 Å². The third-order valence-corrected chi connectivity index (χ3v) is 0. The Morgan fingerprint density at radius 1 is 0.667 bits per heavy atom. The number of hydrogen-bond donors (Lipinski definition) is 4. The molecule has 0 fully saturated rings. The fourth-order valence-corrected chi connectivity index (χ4v) is 0. The zero-order valence-corrected chi connectivity index (χ0v) is 9.55. The molecule has 0 saturated heterocycles. The van der Waals surface area contributed by atoms with E-state index in [4.69, 9.17) is 35.0 Å². The van der Waals surface area contributed by atoms with Crippen LogP contribution in [-0.4, -0.2) is 58.1 Å². The number of hydrogen-bond acceptors (Lipinski definition) is 4. The van der Waals surface area contributed by atoms with Crippen molar-refractivity contribution in [3.05, 3.63) is 0 Å². The maximum absolute atomic E-state index is 8.74. The maximum Gasteiger partial charge on any atom is 0.394 e. The summed E-state index contributed by atoms with van der Waals surface area (Å²) in [6.45, 7) is 0. The molecule has 12 heteroatoms. The summed E-state index contributed by atoms with van der Waals surface area (Å²) in [7, 11) is -9.33.